The van der Waals surface area contributed by atoms with Crippen LogP contribution in [0.5, 0.6) is 0 Å². The van der Waals surface area contributed by atoms with Gasteiger partial charge in [0.25, 0.3) is 0 Å². The van der Waals surface area contributed by atoms with Crippen LogP contribution in [-0.2, 0) is 0 Å². The predicted molar refractivity (Wildman–Crippen MR) is 68.7 cm³/mol. The first-order chi connectivity index (χ1) is 7.99. The van der Waals surface area contributed by atoms with Crippen LogP contribution in [0.15, 0.2) is 0 Å². The number of anilines is 1. The topological polar surface area (TPSA) is 49.2 Å². The molecule has 17 heavy (non-hydrogen) atoms. The van der Waals surface area contributed by atoms with Crippen LogP contribution in [0.1, 0.15) is 37.6 Å². The Bertz CT molecular complexity index is 422. The Kier molecular flexibility index (Phi) is 3.54. The highest BCUT2D eigenvalue weighted by atomic mass is 35.5. The van der Waals surface area contributed by atoms with E-state index in [4.69, 9.17) is 11.6 Å². The molecule has 1 fully saturated rings. The Morgan fingerprint density at radius 2 is 2.12 bits per heavy atom. The number of hydrogen-bond acceptors (Lipinski definition) is 4. The molecule has 1 atom stereocenters. The lowest BCUT2D eigenvalue weighted by molar-refractivity contribution is 0.198. The second-order valence-electron chi connectivity index (χ2n) is 4.86. The summed E-state index contributed by atoms with van der Waals surface area (Å²) in [5.74, 6) is 1.88. The van der Waals surface area contributed by atoms with Gasteiger partial charge in [0.05, 0.1) is 6.10 Å². The van der Waals surface area contributed by atoms with Crippen molar-refractivity contribution in [3.63, 3.8) is 0 Å². The van der Waals surface area contributed by atoms with Crippen LogP contribution in [0.25, 0.3) is 0 Å². The summed E-state index contributed by atoms with van der Waals surface area (Å²) in [7, 11) is 0. The first-order valence-corrected chi connectivity index (χ1v) is 6.34. The molecule has 0 bridgehead atoms. The number of nitrogens with zero attached hydrogens (tertiary/aromatic N) is 3. The normalized spacial score (nSPS) is 20.4. The van der Waals surface area contributed by atoms with E-state index in [1.807, 2.05) is 20.8 Å². The Morgan fingerprint density at radius 3 is 2.65 bits per heavy atom. The average Bonchev–Trinajstić information content (AvgIpc) is 2.68. The van der Waals surface area contributed by atoms with Gasteiger partial charge in [0.2, 0.25) is 0 Å². The zero-order valence-electron chi connectivity index (χ0n) is 10.4. The van der Waals surface area contributed by atoms with Gasteiger partial charge in [0.15, 0.2) is 0 Å². The van der Waals surface area contributed by atoms with Crippen LogP contribution in [0, 0.1) is 6.92 Å². The van der Waals surface area contributed by atoms with Crippen LogP contribution in [0.2, 0.25) is 5.15 Å². The minimum atomic E-state index is -0.259. The largest absolute Gasteiger partial charge is 0.391 e. The maximum absolute atomic E-state index is 9.58. The zero-order chi connectivity index (χ0) is 12.6. The minimum Gasteiger partial charge on any atom is -0.391 e. The lowest BCUT2D eigenvalue weighted by atomic mass is 10.2. The molecule has 1 aliphatic heterocycles. The lowest BCUT2D eigenvalue weighted by Crippen LogP contribution is -2.24. The van der Waals surface area contributed by atoms with Crippen molar-refractivity contribution < 1.29 is 5.11 Å². The molecule has 2 heterocycles. The summed E-state index contributed by atoms with van der Waals surface area (Å²) in [4.78, 5) is 10.9. The highest BCUT2D eigenvalue weighted by molar-refractivity contribution is 6.30. The molecule has 1 aromatic heterocycles. The fourth-order valence-electron chi connectivity index (χ4n) is 1.99. The number of aromatic nitrogens is 2. The number of β-amino-alcohol motifs (C(OH)–C–C–N with tert-alkyl or cyclic N) is 1. The second kappa shape index (κ2) is 4.78. The van der Waals surface area contributed by atoms with E-state index >= 15 is 0 Å². The summed E-state index contributed by atoms with van der Waals surface area (Å²) in [5.41, 5.74) is 0.894. The highest BCUT2D eigenvalue weighted by Gasteiger charge is 2.24. The maximum atomic E-state index is 9.58. The number of halogens is 1. The van der Waals surface area contributed by atoms with Gasteiger partial charge in [-0.3, -0.25) is 0 Å². The van der Waals surface area contributed by atoms with Crippen molar-refractivity contribution in [1.29, 1.82) is 0 Å². The van der Waals surface area contributed by atoms with Crippen molar-refractivity contribution in [2.75, 3.05) is 18.0 Å². The molecule has 2 rings (SSSR count). The third-order valence-corrected chi connectivity index (χ3v) is 3.43. The molecule has 0 radical (unpaired) electrons. The molecule has 0 aromatic carbocycles. The van der Waals surface area contributed by atoms with E-state index in [0.29, 0.717) is 11.7 Å². The Balaban J connectivity index is 2.38. The lowest BCUT2D eigenvalue weighted by Gasteiger charge is -2.20. The first kappa shape index (κ1) is 12.6. The molecule has 1 saturated heterocycles. The Labute approximate surface area is 107 Å². The van der Waals surface area contributed by atoms with Crippen molar-refractivity contribution in [2.24, 2.45) is 0 Å². The molecule has 0 amide bonds. The van der Waals surface area contributed by atoms with Gasteiger partial charge in [-0.2, -0.15) is 0 Å². The van der Waals surface area contributed by atoms with Crippen molar-refractivity contribution in [2.45, 2.75) is 39.2 Å². The van der Waals surface area contributed by atoms with Crippen molar-refractivity contribution in [1.82, 2.24) is 9.97 Å². The van der Waals surface area contributed by atoms with Gasteiger partial charge < -0.3 is 10.0 Å². The van der Waals surface area contributed by atoms with E-state index in [-0.39, 0.29) is 12.0 Å². The fourth-order valence-corrected chi connectivity index (χ4v) is 2.17. The van der Waals surface area contributed by atoms with Crippen LogP contribution >= 0.6 is 11.6 Å². The van der Waals surface area contributed by atoms with Gasteiger partial charge >= 0.3 is 0 Å². The van der Waals surface area contributed by atoms with Gasteiger partial charge in [-0.25, -0.2) is 9.97 Å². The van der Waals surface area contributed by atoms with Crippen molar-refractivity contribution in [3.05, 3.63) is 16.5 Å². The van der Waals surface area contributed by atoms with Crippen molar-refractivity contribution >= 4 is 17.4 Å². The van der Waals surface area contributed by atoms with Crippen LogP contribution in [-0.4, -0.2) is 34.3 Å². The van der Waals surface area contributed by atoms with Crippen LogP contribution < -0.4 is 4.90 Å². The maximum Gasteiger partial charge on any atom is 0.137 e. The second-order valence-corrected chi connectivity index (χ2v) is 5.22. The van der Waals surface area contributed by atoms with E-state index in [9.17, 15) is 5.11 Å². The molecule has 1 N–H and O–H groups in total. The van der Waals surface area contributed by atoms with Crippen LogP contribution in [0.3, 0.4) is 0 Å². The average molecular weight is 256 g/mol. The quantitative estimate of drug-likeness (QED) is 0.823. The molecule has 1 aromatic rings. The molecule has 1 aliphatic rings. The van der Waals surface area contributed by atoms with E-state index in [1.54, 1.807) is 0 Å². The smallest absolute Gasteiger partial charge is 0.137 e. The molecule has 94 valence electrons. The van der Waals surface area contributed by atoms with Gasteiger partial charge in [0.1, 0.15) is 16.8 Å². The SMILES string of the molecule is Cc1c(Cl)nc(C(C)C)nc1N1CCC(O)C1. The Hall–Kier alpha value is -0.870. The van der Waals surface area contributed by atoms with E-state index < -0.39 is 0 Å². The minimum absolute atomic E-state index is 0.249. The number of aliphatic hydroxyl groups excluding tert-OH is 1. The summed E-state index contributed by atoms with van der Waals surface area (Å²) < 4.78 is 0. The zero-order valence-corrected chi connectivity index (χ0v) is 11.2. The summed E-state index contributed by atoms with van der Waals surface area (Å²) in [6.45, 7) is 7.47. The summed E-state index contributed by atoms with van der Waals surface area (Å²) in [6.07, 6.45) is 0.531. The molecule has 0 spiro atoms. The monoisotopic (exact) mass is 255 g/mol. The van der Waals surface area contributed by atoms with Gasteiger partial charge in [-0.15, -0.1) is 0 Å². The van der Waals surface area contributed by atoms with E-state index in [2.05, 4.69) is 14.9 Å². The third kappa shape index (κ3) is 2.53. The van der Waals surface area contributed by atoms with Crippen molar-refractivity contribution in [3.8, 4) is 0 Å². The molecule has 1 unspecified atom stereocenters. The summed E-state index contributed by atoms with van der Waals surface area (Å²) in [6, 6.07) is 0. The summed E-state index contributed by atoms with van der Waals surface area (Å²) >= 11 is 6.14. The Morgan fingerprint density at radius 1 is 1.41 bits per heavy atom. The number of aliphatic hydroxyl groups is 1. The summed E-state index contributed by atoms with van der Waals surface area (Å²) in [5, 5.41) is 10.1. The van der Waals surface area contributed by atoms with Gasteiger partial charge in [0, 0.05) is 24.6 Å². The molecular formula is C12H18ClN3O. The number of rotatable bonds is 2. The molecule has 0 aliphatic carbocycles. The molecule has 4 nitrogen and oxygen atoms in total. The highest BCUT2D eigenvalue weighted by Crippen LogP contribution is 2.28. The fraction of sp³-hybridized carbons (Fsp3) is 0.667. The number of hydrogen-bond donors (Lipinski definition) is 1. The van der Waals surface area contributed by atoms with Crippen LogP contribution in [0.4, 0.5) is 5.82 Å². The van der Waals surface area contributed by atoms with E-state index in [0.717, 1.165) is 30.2 Å². The van der Waals surface area contributed by atoms with E-state index in [1.165, 1.54) is 0 Å². The molecule has 5 heteroatoms. The molecular weight excluding hydrogens is 238 g/mol. The first-order valence-electron chi connectivity index (χ1n) is 5.96. The third-order valence-electron chi connectivity index (χ3n) is 3.06. The molecule has 0 saturated carbocycles. The van der Waals surface area contributed by atoms with Gasteiger partial charge in [-0.1, -0.05) is 25.4 Å². The van der Waals surface area contributed by atoms with Gasteiger partial charge in [-0.05, 0) is 13.3 Å². The predicted octanol–water partition coefficient (Wildman–Crippen LogP) is 2.13. The standard InChI is InChI=1S/C12H18ClN3O/c1-7(2)11-14-10(13)8(3)12(15-11)16-5-4-9(17)6-16/h7,9,17H,4-6H2,1-3H3.